The molecule has 1 rings (SSSR count). The van der Waals surface area contributed by atoms with Crippen LogP contribution < -0.4 is 0 Å². The van der Waals surface area contributed by atoms with Gasteiger partial charge in [0.2, 0.25) is 0 Å². The molecule has 0 amide bonds. The third kappa shape index (κ3) is 7.59. The van der Waals surface area contributed by atoms with Gasteiger partial charge >= 0.3 is 17.9 Å². The van der Waals surface area contributed by atoms with Gasteiger partial charge in [0.1, 0.15) is 0 Å². The van der Waals surface area contributed by atoms with Gasteiger partial charge in [-0.3, -0.25) is 14.4 Å². The Hall–Kier alpha value is -2.70. The van der Waals surface area contributed by atoms with Crippen molar-refractivity contribution >= 4 is 23.7 Å². The predicted octanol–water partition coefficient (Wildman–Crippen LogP) is 1.52. The topological polar surface area (TPSA) is 129 Å². The average Bonchev–Trinajstić information content (AvgIpc) is 2.37. The van der Waals surface area contributed by atoms with E-state index in [0.717, 1.165) is 0 Å². The van der Waals surface area contributed by atoms with E-state index in [0.29, 0.717) is 5.56 Å². The number of rotatable bonds is 5. The number of aromatic carboxylic acids is 1. The third-order valence-electron chi connectivity index (χ3n) is 2.09. The highest BCUT2D eigenvalue weighted by atomic mass is 16.4. The fourth-order valence-electron chi connectivity index (χ4n) is 1.06. The summed E-state index contributed by atoms with van der Waals surface area (Å²) in [6.07, 6.45) is -0.593. The van der Waals surface area contributed by atoms with E-state index < -0.39 is 17.9 Å². The molecule has 0 bridgehead atoms. The lowest BCUT2D eigenvalue weighted by molar-refractivity contribution is -0.143. The second-order valence-electron chi connectivity index (χ2n) is 3.73. The van der Waals surface area contributed by atoms with Gasteiger partial charge in [0, 0.05) is 5.56 Å². The molecule has 0 aliphatic heterocycles. The molecule has 108 valence electrons. The lowest BCUT2D eigenvalue weighted by atomic mass is 10.1. The number of carbonyl (C=O) groups is 4. The van der Waals surface area contributed by atoms with Crippen LogP contribution >= 0.6 is 0 Å². The van der Waals surface area contributed by atoms with Crippen molar-refractivity contribution in [2.24, 2.45) is 0 Å². The molecule has 0 fully saturated rings. The second-order valence-corrected chi connectivity index (χ2v) is 3.73. The Morgan fingerprint density at radius 1 is 0.800 bits per heavy atom. The van der Waals surface area contributed by atoms with Crippen molar-refractivity contribution < 1.29 is 34.5 Å². The molecule has 7 heteroatoms. The van der Waals surface area contributed by atoms with E-state index in [4.69, 9.17) is 15.3 Å². The molecular weight excluding hydrogens is 268 g/mol. The molecule has 0 radical (unpaired) electrons. The molecule has 0 heterocycles. The van der Waals surface area contributed by atoms with Gasteiger partial charge in [-0.2, -0.15) is 0 Å². The maximum absolute atomic E-state index is 10.8. The van der Waals surface area contributed by atoms with Crippen LogP contribution in [0.1, 0.15) is 40.5 Å². The quantitative estimate of drug-likeness (QED) is 0.698. The highest BCUT2D eigenvalue weighted by Crippen LogP contribution is 2.04. The van der Waals surface area contributed by atoms with Gasteiger partial charge in [-0.05, 0) is 19.1 Å². The van der Waals surface area contributed by atoms with E-state index in [-0.39, 0.29) is 24.2 Å². The molecule has 0 atom stereocenters. The first-order chi connectivity index (χ1) is 9.23. The fourth-order valence-corrected chi connectivity index (χ4v) is 1.06. The minimum Gasteiger partial charge on any atom is -0.481 e. The number of Topliss-reactive ketones (excluding diaryl/α,β-unsaturated/α-hetero) is 1. The van der Waals surface area contributed by atoms with Gasteiger partial charge in [-0.1, -0.05) is 12.1 Å². The lowest BCUT2D eigenvalue weighted by Crippen LogP contribution is -2.00. The van der Waals surface area contributed by atoms with Crippen LogP contribution in [-0.4, -0.2) is 39.0 Å². The molecule has 1 aromatic carbocycles. The highest BCUT2D eigenvalue weighted by Gasteiger charge is 2.03. The summed E-state index contributed by atoms with van der Waals surface area (Å²) < 4.78 is 0. The van der Waals surface area contributed by atoms with E-state index in [1.54, 1.807) is 0 Å². The zero-order valence-corrected chi connectivity index (χ0v) is 10.7. The minimum absolute atomic E-state index is 0.0630. The first-order valence-corrected chi connectivity index (χ1v) is 5.52. The van der Waals surface area contributed by atoms with Crippen LogP contribution in [0.3, 0.4) is 0 Å². The molecule has 0 aliphatic rings. The molecule has 7 nitrogen and oxygen atoms in total. The molecule has 0 saturated carbocycles. The summed E-state index contributed by atoms with van der Waals surface area (Å²) in [5.41, 5.74) is 0.722. The Balaban J connectivity index is 0.000000396. The predicted molar refractivity (Wildman–Crippen MR) is 67.9 cm³/mol. The lowest BCUT2D eigenvalue weighted by Gasteiger charge is -1.95. The van der Waals surface area contributed by atoms with Crippen LogP contribution in [0.4, 0.5) is 0 Å². The van der Waals surface area contributed by atoms with E-state index in [2.05, 4.69) is 0 Å². The summed E-state index contributed by atoms with van der Waals surface area (Å²) in [6, 6.07) is 5.84. The summed E-state index contributed by atoms with van der Waals surface area (Å²) >= 11 is 0. The molecule has 0 spiro atoms. The molecule has 0 aliphatic carbocycles. The Labute approximate surface area is 114 Å². The van der Waals surface area contributed by atoms with Gasteiger partial charge in [0.25, 0.3) is 0 Å². The SMILES string of the molecule is CC(=O)c1ccc(C(=O)O)cc1.O=C(O)CCC(=O)O. The number of benzene rings is 1. The summed E-state index contributed by atoms with van der Waals surface area (Å²) in [4.78, 5) is 40.5. The summed E-state index contributed by atoms with van der Waals surface area (Å²) in [7, 11) is 0. The summed E-state index contributed by atoms with van der Waals surface area (Å²) in [5, 5.41) is 24.3. The third-order valence-corrected chi connectivity index (χ3v) is 2.09. The molecule has 3 N–H and O–H groups in total. The zero-order chi connectivity index (χ0) is 15.7. The molecule has 0 aromatic heterocycles. The maximum Gasteiger partial charge on any atom is 0.335 e. The number of ketones is 1. The number of carboxylic acid groups (broad SMARTS) is 3. The molecule has 0 saturated heterocycles. The molecule has 1 aromatic rings. The van der Waals surface area contributed by atoms with E-state index in [1.807, 2.05) is 0 Å². The van der Waals surface area contributed by atoms with Crippen LogP contribution in [0.25, 0.3) is 0 Å². The van der Waals surface area contributed by atoms with Crippen LogP contribution in [0.15, 0.2) is 24.3 Å². The van der Waals surface area contributed by atoms with Crippen molar-refractivity contribution in [2.45, 2.75) is 19.8 Å². The number of hydrogen-bond acceptors (Lipinski definition) is 4. The van der Waals surface area contributed by atoms with E-state index in [9.17, 15) is 19.2 Å². The van der Waals surface area contributed by atoms with Crippen molar-refractivity contribution in [1.82, 2.24) is 0 Å². The normalized spacial score (nSPS) is 9.05. The highest BCUT2D eigenvalue weighted by molar-refractivity contribution is 5.95. The van der Waals surface area contributed by atoms with Crippen LogP contribution in [0.5, 0.6) is 0 Å². The Kier molecular flexibility index (Phi) is 7.27. The monoisotopic (exact) mass is 282 g/mol. The number of aliphatic carboxylic acids is 2. The summed E-state index contributed by atoms with van der Waals surface area (Å²) in [6.45, 7) is 1.44. The van der Waals surface area contributed by atoms with Crippen LogP contribution in [0, 0.1) is 0 Å². The van der Waals surface area contributed by atoms with Crippen molar-refractivity contribution in [3.05, 3.63) is 35.4 Å². The van der Waals surface area contributed by atoms with Gasteiger partial charge in [0.05, 0.1) is 18.4 Å². The van der Waals surface area contributed by atoms with Crippen LogP contribution in [-0.2, 0) is 9.59 Å². The Bertz CT molecular complexity index is 455. The fraction of sp³-hybridized carbons (Fsp3) is 0.231. The molecular formula is C13H14O7. The zero-order valence-electron chi connectivity index (χ0n) is 10.7. The van der Waals surface area contributed by atoms with Crippen molar-refractivity contribution in [3.8, 4) is 0 Å². The van der Waals surface area contributed by atoms with Gasteiger partial charge < -0.3 is 15.3 Å². The van der Waals surface area contributed by atoms with Gasteiger partial charge in [-0.15, -0.1) is 0 Å². The average molecular weight is 282 g/mol. The van der Waals surface area contributed by atoms with E-state index >= 15 is 0 Å². The smallest absolute Gasteiger partial charge is 0.335 e. The first-order valence-electron chi connectivity index (χ1n) is 5.52. The maximum atomic E-state index is 10.8. The standard InChI is InChI=1S/C9H8O3.C4H6O4/c1-6(10)7-2-4-8(5-3-7)9(11)12;5-3(6)1-2-4(7)8/h2-5H,1H3,(H,11,12);1-2H2,(H,5,6)(H,7,8). The second kappa shape index (κ2) is 8.41. The number of hydrogen-bond donors (Lipinski definition) is 3. The van der Waals surface area contributed by atoms with Gasteiger partial charge in [0.15, 0.2) is 5.78 Å². The molecule has 0 unspecified atom stereocenters. The van der Waals surface area contributed by atoms with Gasteiger partial charge in [-0.25, -0.2) is 4.79 Å². The first kappa shape index (κ1) is 17.3. The van der Waals surface area contributed by atoms with Crippen molar-refractivity contribution in [2.75, 3.05) is 0 Å². The number of carbonyl (C=O) groups excluding carboxylic acids is 1. The number of carboxylic acids is 3. The Morgan fingerprint density at radius 3 is 1.40 bits per heavy atom. The Morgan fingerprint density at radius 2 is 1.15 bits per heavy atom. The van der Waals surface area contributed by atoms with Crippen molar-refractivity contribution in [3.63, 3.8) is 0 Å². The minimum atomic E-state index is -1.08. The van der Waals surface area contributed by atoms with Crippen LogP contribution in [0.2, 0.25) is 0 Å². The van der Waals surface area contributed by atoms with E-state index in [1.165, 1.54) is 31.2 Å². The summed E-state index contributed by atoms with van der Waals surface area (Å²) in [5.74, 6) is -3.20. The van der Waals surface area contributed by atoms with Crippen molar-refractivity contribution in [1.29, 1.82) is 0 Å². The largest absolute Gasteiger partial charge is 0.481 e. The molecule has 20 heavy (non-hydrogen) atoms.